The molecule has 0 fully saturated rings. The first-order valence-electron chi connectivity index (χ1n) is 14.3. The normalized spacial score (nSPS) is 11.2. The van der Waals surface area contributed by atoms with Crippen molar-refractivity contribution in [2.45, 2.75) is 20.8 Å². The highest BCUT2D eigenvalue weighted by molar-refractivity contribution is 5.95. The standard InChI is InChI=1S/C38H30N4O/c1-24-19-25(2)35(26(3)20-24)28-21-27(32-14-9-10-17-39-32)22-29(23-28)36-37-33(16-18-40-36)42(30-11-5-4-6-12-30)38(41-37)31-13-7-8-15-34(31)43/h4-23,43H,1-3H3. The number of hydrogen-bond acceptors (Lipinski definition) is 4. The minimum Gasteiger partial charge on any atom is -0.507 e. The Hall–Kier alpha value is -5.55. The zero-order chi connectivity index (χ0) is 29.5. The summed E-state index contributed by atoms with van der Waals surface area (Å²) in [5, 5.41) is 10.9. The van der Waals surface area contributed by atoms with Gasteiger partial charge in [0.1, 0.15) is 17.1 Å². The smallest absolute Gasteiger partial charge is 0.149 e. The Bertz CT molecular complexity index is 2090. The summed E-state index contributed by atoms with van der Waals surface area (Å²) in [5.41, 5.74) is 12.9. The van der Waals surface area contributed by atoms with Crippen molar-refractivity contribution in [3.8, 4) is 56.5 Å². The Morgan fingerprint density at radius 3 is 2.07 bits per heavy atom. The molecule has 0 radical (unpaired) electrons. The van der Waals surface area contributed by atoms with Crippen molar-refractivity contribution in [1.82, 2.24) is 19.5 Å². The van der Waals surface area contributed by atoms with Gasteiger partial charge in [-0.2, -0.15) is 0 Å². The molecule has 208 valence electrons. The maximum Gasteiger partial charge on any atom is 0.149 e. The molecule has 5 heteroatoms. The molecular weight excluding hydrogens is 528 g/mol. The SMILES string of the molecule is Cc1cc(C)c(-c2cc(-c3ccccn3)cc(-c3nccc4c3nc(-c3ccccc3O)n4-c3ccccc3)c2)c(C)c1. The van der Waals surface area contributed by atoms with E-state index in [-0.39, 0.29) is 5.75 Å². The van der Waals surface area contributed by atoms with Crippen LogP contribution in [0.3, 0.4) is 0 Å². The topological polar surface area (TPSA) is 63.8 Å². The molecule has 0 atom stereocenters. The van der Waals surface area contributed by atoms with Crippen LogP contribution in [-0.2, 0) is 0 Å². The van der Waals surface area contributed by atoms with Crippen LogP contribution in [0.15, 0.2) is 122 Å². The molecule has 3 heterocycles. The summed E-state index contributed by atoms with van der Waals surface area (Å²) in [7, 11) is 0. The number of fused-ring (bicyclic) bond motifs is 1. The van der Waals surface area contributed by atoms with Crippen molar-refractivity contribution in [3.05, 3.63) is 138 Å². The van der Waals surface area contributed by atoms with Gasteiger partial charge < -0.3 is 5.11 Å². The van der Waals surface area contributed by atoms with Crippen molar-refractivity contribution in [3.63, 3.8) is 0 Å². The average Bonchev–Trinajstić information content (AvgIpc) is 3.41. The fraction of sp³-hybridized carbons (Fsp3) is 0.0789. The minimum atomic E-state index is 0.175. The summed E-state index contributed by atoms with van der Waals surface area (Å²) in [6.07, 6.45) is 3.66. The molecule has 5 nitrogen and oxygen atoms in total. The fourth-order valence-electron chi connectivity index (χ4n) is 6.12. The molecule has 43 heavy (non-hydrogen) atoms. The van der Waals surface area contributed by atoms with E-state index in [1.54, 1.807) is 6.07 Å². The Morgan fingerprint density at radius 1 is 0.628 bits per heavy atom. The van der Waals surface area contributed by atoms with E-state index in [1.807, 2.05) is 85.2 Å². The second-order valence-corrected chi connectivity index (χ2v) is 10.9. The third kappa shape index (κ3) is 4.75. The molecule has 0 amide bonds. The van der Waals surface area contributed by atoms with Crippen molar-refractivity contribution in [1.29, 1.82) is 0 Å². The van der Waals surface area contributed by atoms with E-state index >= 15 is 0 Å². The molecule has 0 aliphatic carbocycles. The summed E-state index contributed by atoms with van der Waals surface area (Å²) in [4.78, 5) is 14.8. The predicted molar refractivity (Wildman–Crippen MR) is 174 cm³/mol. The van der Waals surface area contributed by atoms with Gasteiger partial charge in [-0.1, -0.05) is 54.1 Å². The molecule has 0 spiro atoms. The number of pyridine rings is 2. The van der Waals surface area contributed by atoms with Gasteiger partial charge in [0.25, 0.3) is 0 Å². The van der Waals surface area contributed by atoms with Crippen LogP contribution < -0.4 is 0 Å². The first-order valence-corrected chi connectivity index (χ1v) is 14.3. The quantitative estimate of drug-likeness (QED) is 0.229. The molecule has 7 aromatic rings. The van der Waals surface area contributed by atoms with Gasteiger partial charge in [0.05, 0.1) is 22.5 Å². The largest absolute Gasteiger partial charge is 0.507 e. The summed E-state index contributed by atoms with van der Waals surface area (Å²) >= 11 is 0. The summed E-state index contributed by atoms with van der Waals surface area (Å²) in [5.74, 6) is 0.828. The van der Waals surface area contributed by atoms with Gasteiger partial charge in [-0.3, -0.25) is 14.5 Å². The van der Waals surface area contributed by atoms with Crippen LogP contribution in [-0.4, -0.2) is 24.6 Å². The van der Waals surface area contributed by atoms with Gasteiger partial charge in [-0.05, 0) is 104 Å². The number of nitrogens with zero attached hydrogens (tertiary/aromatic N) is 4. The number of rotatable bonds is 5. The molecular formula is C38H30N4O. The number of imidazole rings is 1. The van der Waals surface area contributed by atoms with Crippen LogP contribution >= 0.6 is 0 Å². The molecule has 4 aromatic carbocycles. The van der Waals surface area contributed by atoms with Crippen molar-refractivity contribution >= 4 is 11.0 Å². The molecule has 1 N–H and O–H groups in total. The summed E-state index contributed by atoms with van der Waals surface area (Å²) < 4.78 is 2.09. The lowest BCUT2D eigenvalue weighted by atomic mass is 9.90. The highest BCUT2D eigenvalue weighted by Gasteiger charge is 2.21. The number of aromatic hydroxyl groups is 1. The molecule has 0 unspecified atom stereocenters. The van der Waals surface area contributed by atoms with Crippen LogP contribution in [0.1, 0.15) is 16.7 Å². The van der Waals surface area contributed by atoms with Crippen LogP contribution in [0.4, 0.5) is 0 Å². The van der Waals surface area contributed by atoms with Gasteiger partial charge in [0.15, 0.2) is 0 Å². The van der Waals surface area contributed by atoms with E-state index < -0.39 is 0 Å². The van der Waals surface area contributed by atoms with Crippen LogP contribution in [0.5, 0.6) is 5.75 Å². The Balaban J connectivity index is 1.53. The monoisotopic (exact) mass is 558 g/mol. The minimum absolute atomic E-state index is 0.175. The third-order valence-corrected chi connectivity index (χ3v) is 7.87. The number of phenols is 1. The van der Waals surface area contributed by atoms with Gasteiger partial charge in [0.2, 0.25) is 0 Å². The maximum absolute atomic E-state index is 10.9. The predicted octanol–water partition coefficient (Wildman–Crippen LogP) is 9.11. The number of phenolic OH excluding ortho intramolecular Hbond substituents is 1. The molecule has 0 aliphatic rings. The first kappa shape index (κ1) is 26.4. The van der Waals surface area contributed by atoms with Gasteiger partial charge in [-0.25, -0.2) is 4.98 Å². The van der Waals surface area contributed by atoms with E-state index in [0.29, 0.717) is 11.4 Å². The zero-order valence-corrected chi connectivity index (χ0v) is 24.3. The zero-order valence-electron chi connectivity index (χ0n) is 24.3. The van der Waals surface area contributed by atoms with E-state index in [9.17, 15) is 5.11 Å². The van der Waals surface area contributed by atoms with Gasteiger partial charge >= 0.3 is 0 Å². The molecule has 0 saturated carbocycles. The summed E-state index contributed by atoms with van der Waals surface area (Å²) in [6.45, 7) is 6.47. The lowest BCUT2D eigenvalue weighted by Gasteiger charge is -2.15. The average molecular weight is 559 g/mol. The Morgan fingerprint density at radius 2 is 1.33 bits per heavy atom. The van der Waals surface area contributed by atoms with Gasteiger partial charge in [-0.15, -0.1) is 0 Å². The van der Waals surface area contributed by atoms with Gasteiger partial charge in [0, 0.05) is 29.2 Å². The lowest BCUT2D eigenvalue weighted by molar-refractivity contribution is 0.477. The van der Waals surface area contributed by atoms with Crippen molar-refractivity contribution in [2.24, 2.45) is 0 Å². The van der Waals surface area contributed by atoms with E-state index in [1.165, 1.54) is 22.3 Å². The maximum atomic E-state index is 10.9. The number of aryl methyl sites for hydroxylation is 3. The molecule has 3 aromatic heterocycles. The third-order valence-electron chi connectivity index (χ3n) is 7.87. The van der Waals surface area contributed by atoms with E-state index in [2.05, 4.69) is 60.7 Å². The van der Waals surface area contributed by atoms with Crippen molar-refractivity contribution < 1.29 is 5.11 Å². The van der Waals surface area contributed by atoms with E-state index in [0.717, 1.165) is 44.8 Å². The molecule has 0 bridgehead atoms. The number of benzene rings is 4. The first-order chi connectivity index (χ1) is 21.0. The summed E-state index contributed by atoms with van der Waals surface area (Å²) in [6, 6.07) is 36.4. The number of para-hydroxylation sites is 2. The lowest BCUT2D eigenvalue weighted by Crippen LogP contribution is -1.97. The van der Waals surface area contributed by atoms with Crippen LogP contribution in [0.25, 0.3) is 61.8 Å². The number of aromatic nitrogens is 4. The molecule has 7 rings (SSSR count). The van der Waals surface area contributed by atoms with Crippen LogP contribution in [0.2, 0.25) is 0 Å². The Labute approximate surface area is 250 Å². The van der Waals surface area contributed by atoms with E-state index in [4.69, 9.17) is 9.97 Å². The number of hydrogen-bond donors (Lipinski definition) is 1. The molecule has 0 aliphatic heterocycles. The Kier molecular flexibility index (Phi) is 6.55. The van der Waals surface area contributed by atoms with Crippen molar-refractivity contribution in [2.75, 3.05) is 0 Å². The second-order valence-electron chi connectivity index (χ2n) is 10.9. The highest BCUT2D eigenvalue weighted by atomic mass is 16.3. The molecule has 0 saturated heterocycles. The fourth-order valence-corrected chi connectivity index (χ4v) is 6.12. The highest BCUT2D eigenvalue weighted by Crippen LogP contribution is 2.39. The second kappa shape index (κ2) is 10.7. The van der Waals surface area contributed by atoms with Crippen LogP contribution in [0, 0.1) is 20.8 Å².